The number of rotatable bonds is 4. The highest BCUT2D eigenvalue weighted by atomic mass is 79.9. The van der Waals surface area contributed by atoms with Crippen molar-refractivity contribution >= 4 is 21.9 Å². The zero-order chi connectivity index (χ0) is 13.1. The summed E-state index contributed by atoms with van der Waals surface area (Å²) in [6.07, 6.45) is -5.46. The van der Waals surface area contributed by atoms with Crippen LogP contribution in [-0.4, -0.2) is 23.9 Å². The third-order valence-corrected chi connectivity index (χ3v) is 2.45. The van der Waals surface area contributed by atoms with Gasteiger partial charge in [0, 0.05) is 0 Å². The summed E-state index contributed by atoms with van der Waals surface area (Å²) in [6.45, 7) is -0.619. The normalized spacial score (nSPS) is 11.3. The van der Waals surface area contributed by atoms with Crippen LogP contribution < -0.4 is 4.74 Å². The Morgan fingerprint density at radius 1 is 1.41 bits per heavy atom. The molecule has 1 aromatic carbocycles. The molecular formula is C10H8BrF3O3. The SMILES string of the molecule is O=C(O)c1cccc(Br)c1OCCC(F)(F)F. The van der Waals surface area contributed by atoms with Crippen molar-refractivity contribution < 1.29 is 27.8 Å². The Morgan fingerprint density at radius 2 is 2.06 bits per heavy atom. The standard InChI is InChI=1S/C10H8BrF3O3/c11-7-3-1-2-6(9(15)16)8(7)17-5-4-10(12,13)14/h1-3H,4-5H2,(H,15,16). The summed E-state index contributed by atoms with van der Waals surface area (Å²) in [6, 6.07) is 4.22. The van der Waals surface area contributed by atoms with Crippen LogP contribution in [0.4, 0.5) is 13.2 Å². The molecule has 0 aliphatic carbocycles. The van der Waals surface area contributed by atoms with Crippen LogP contribution in [0.5, 0.6) is 5.75 Å². The lowest BCUT2D eigenvalue weighted by molar-refractivity contribution is -0.139. The van der Waals surface area contributed by atoms with E-state index in [-0.39, 0.29) is 11.3 Å². The molecular weight excluding hydrogens is 305 g/mol. The first-order valence-corrected chi connectivity index (χ1v) is 5.32. The Kier molecular flexibility index (Phi) is 4.39. The van der Waals surface area contributed by atoms with Crippen LogP contribution in [0.1, 0.15) is 16.8 Å². The fraction of sp³-hybridized carbons (Fsp3) is 0.300. The molecule has 0 aliphatic rings. The third kappa shape index (κ3) is 4.26. The maximum atomic E-state index is 11.9. The topological polar surface area (TPSA) is 46.5 Å². The molecule has 0 saturated heterocycles. The third-order valence-electron chi connectivity index (χ3n) is 1.83. The zero-order valence-electron chi connectivity index (χ0n) is 8.42. The van der Waals surface area contributed by atoms with E-state index in [1.165, 1.54) is 18.2 Å². The maximum Gasteiger partial charge on any atom is 0.392 e. The molecule has 0 amide bonds. The molecule has 1 N–H and O–H groups in total. The molecule has 1 rings (SSSR count). The van der Waals surface area contributed by atoms with Crippen LogP contribution in [0.25, 0.3) is 0 Å². The summed E-state index contributed by atoms with van der Waals surface area (Å²) in [4.78, 5) is 10.8. The quantitative estimate of drug-likeness (QED) is 0.926. The van der Waals surface area contributed by atoms with E-state index in [0.717, 1.165) is 0 Å². The Morgan fingerprint density at radius 3 is 2.59 bits per heavy atom. The van der Waals surface area contributed by atoms with Crippen LogP contribution in [0.2, 0.25) is 0 Å². The van der Waals surface area contributed by atoms with Gasteiger partial charge in [0.25, 0.3) is 0 Å². The van der Waals surface area contributed by atoms with Crippen molar-refractivity contribution in [1.82, 2.24) is 0 Å². The lowest BCUT2D eigenvalue weighted by Gasteiger charge is -2.12. The van der Waals surface area contributed by atoms with E-state index in [4.69, 9.17) is 9.84 Å². The highest BCUT2D eigenvalue weighted by Crippen LogP contribution is 2.30. The summed E-state index contributed by atoms with van der Waals surface area (Å²) in [7, 11) is 0. The second-order valence-electron chi connectivity index (χ2n) is 3.14. The predicted octanol–water partition coefficient (Wildman–Crippen LogP) is 3.48. The van der Waals surface area contributed by atoms with E-state index in [1.54, 1.807) is 0 Å². The minimum atomic E-state index is -4.33. The number of hydrogen-bond acceptors (Lipinski definition) is 2. The number of aromatic carboxylic acids is 1. The van der Waals surface area contributed by atoms with Gasteiger partial charge in [-0.3, -0.25) is 0 Å². The van der Waals surface area contributed by atoms with E-state index in [9.17, 15) is 18.0 Å². The molecule has 17 heavy (non-hydrogen) atoms. The smallest absolute Gasteiger partial charge is 0.392 e. The van der Waals surface area contributed by atoms with Gasteiger partial charge < -0.3 is 9.84 Å². The van der Waals surface area contributed by atoms with E-state index >= 15 is 0 Å². The van der Waals surface area contributed by atoms with Crippen LogP contribution in [0, 0.1) is 0 Å². The average molecular weight is 313 g/mol. The second-order valence-corrected chi connectivity index (χ2v) is 3.99. The van der Waals surface area contributed by atoms with Crippen LogP contribution in [-0.2, 0) is 0 Å². The number of carboxylic acid groups (broad SMARTS) is 1. The Hall–Kier alpha value is -1.24. The van der Waals surface area contributed by atoms with Gasteiger partial charge in [-0.15, -0.1) is 0 Å². The minimum Gasteiger partial charge on any atom is -0.491 e. The molecule has 0 fully saturated rings. The van der Waals surface area contributed by atoms with Gasteiger partial charge in [-0.05, 0) is 28.1 Å². The number of halogens is 4. The van der Waals surface area contributed by atoms with Gasteiger partial charge in [0.05, 0.1) is 17.5 Å². The molecule has 94 valence electrons. The number of hydrogen-bond donors (Lipinski definition) is 1. The van der Waals surface area contributed by atoms with Gasteiger partial charge in [0.1, 0.15) is 11.3 Å². The van der Waals surface area contributed by atoms with Crippen molar-refractivity contribution in [3.63, 3.8) is 0 Å². The van der Waals surface area contributed by atoms with Crippen LogP contribution in [0.15, 0.2) is 22.7 Å². The van der Waals surface area contributed by atoms with Gasteiger partial charge in [-0.25, -0.2) is 4.79 Å². The molecule has 0 atom stereocenters. The maximum absolute atomic E-state index is 11.9. The molecule has 0 unspecified atom stereocenters. The Labute approximate surface area is 103 Å². The monoisotopic (exact) mass is 312 g/mol. The van der Waals surface area contributed by atoms with Gasteiger partial charge in [0.15, 0.2) is 0 Å². The number of benzene rings is 1. The lowest BCUT2D eigenvalue weighted by Crippen LogP contribution is -2.14. The highest BCUT2D eigenvalue weighted by molar-refractivity contribution is 9.10. The number of para-hydroxylation sites is 1. The van der Waals surface area contributed by atoms with Crippen LogP contribution in [0.3, 0.4) is 0 Å². The Balaban J connectivity index is 2.79. The van der Waals surface area contributed by atoms with E-state index in [0.29, 0.717) is 4.47 Å². The average Bonchev–Trinajstić information content (AvgIpc) is 2.18. The van der Waals surface area contributed by atoms with Crippen molar-refractivity contribution in [3.05, 3.63) is 28.2 Å². The fourth-order valence-corrected chi connectivity index (χ4v) is 1.57. The Bertz CT molecular complexity index is 418. The summed E-state index contributed by atoms with van der Waals surface area (Å²) in [5.74, 6) is -1.35. The van der Waals surface area contributed by atoms with Crippen LogP contribution >= 0.6 is 15.9 Å². The summed E-state index contributed by atoms with van der Waals surface area (Å²) >= 11 is 3.03. The number of carboxylic acids is 1. The molecule has 3 nitrogen and oxygen atoms in total. The first-order valence-electron chi connectivity index (χ1n) is 4.52. The lowest BCUT2D eigenvalue weighted by atomic mass is 10.2. The largest absolute Gasteiger partial charge is 0.491 e. The van der Waals surface area contributed by atoms with E-state index in [1.807, 2.05) is 0 Å². The summed E-state index contributed by atoms with van der Waals surface area (Å²) < 4.78 is 40.9. The highest BCUT2D eigenvalue weighted by Gasteiger charge is 2.27. The van der Waals surface area contributed by atoms with Gasteiger partial charge in [-0.2, -0.15) is 13.2 Å². The molecule has 0 aromatic heterocycles. The van der Waals surface area contributed by atoms with Gasteiger partial charge >= 0.3 is 12.1 Å². The van der Waals surface area contributed by atoms with E-state index in [2.05, 4.69) is 15.9 Å². The molecule has 0 spiro atoms. The molecule has 0 radical (unpaired) electrons. The van der Waals surface area contributed by atoms with E-state index < -0.39 is 25.2 Å². The second kappa shape index (κ2) is 5.39. The molecule has 0 bridgehead atoms. The first-order chi connectivity index (χ1) is 7.81. The van der Waals surface area contributed by atoms with Gasteiger partial charge in [-0.1, -0.05) is 6.07 Å². The minimum absolute atomic E-state index is 0.0933. The van der Waals surface area contributed by atoms with Gasteiger partial charge in [0.2, 0.25) is 0 Å². The molecule has 7 heteroatoms. The van der Waals surface area contributed by atoms with Crippen molar-refractivity contribution in [2.75, 3.05) is 6.61 Å². The predicted molar refractivity (Wildman–Crippen MR) is 57.3 cm³/mol. The zero-order valence-corrected chi connectivity index (χ0v) is 10.0. The van der Waals surface area contributed by atoms with Crippen molar-refractivity contribution in [1.29, 1.82) is 0 Å². The van der Waals surface area contributed by atoms with Crippen molar-refractivity contribution in [2.24, 2.45) is 0 Å². The molecule has 0 saturated carbocycles. The number of alkyl halides is 3. The molecule has 1 aromatic rings. The summed E-state index contributed by atoms with van der Waals surface area (Å²) in [5, 5.41) is 8.83. The fourth-order valence-electron chi connectivity index (χ4n) is 1.09. The van der Waals surface area contributed by atoms with Crippen molar-refractivity contribution in [3.8, 4) is 5.75 Å². The number of ether oxygens (including phenoxy) is 1. The van der Waals surface area contributed by atoms with Crippen molar-refractivity contribution in [2.45, 2.75) is 12.6 Å². The number of carbonyl (C=O) groups is 1. The molecule has 0 heterocycles. The first kappa shape index (κ1) is 13.8. The molecule has 0 aliphatic heterocycles. The summed E-state index contributed by atoms with van der Waals surface area (Å²) in [5.41, 5.74) is -0.179.